The molecule has 8 heteroatoms. The van der Waals surface area contributed by atoms with Gasteiger partial charge in [-0.15, -0.1) is 11.3 Å². The van der Waals surface area contributed by atoms with Gasteiger partial charge in [0, 0.05) is 4.88 Å². The van der Waals surface area contributed by atoms with E-state index in [9.17, 15) is 4.79 Å². The van der Waals surface area contributed by atoms with Crippen molar-refractivity contribution in [1.82, 2.24) is 10.4 Å². The number of carbonyl (C=O) groups excluding carboxylic acids is 1. The maximum absolute atomic E-state index is 12.0. The molecule has 0 fully saturated rings. The first-order valence-electron chi connectivity index (χ1n) is 7.38. The molecule has 0 unspecified atom stereocenters. The van der Waals surface area contributed by atoms with Crippen LogP contribution in [-0.4, -0.2) is 22.9 Å². The number of nitrogens with one attached hydrogen (secondary N) is 2. The second-order valence-corrected chi connectivity index (χ2v) is 8.37. The molecule has 24 heavy (non-hydrogen) atoms. The van der Waals surface area contributed by atoms with E-state index in [-0.39, 0.29) is 5.91 Å². The minimum Gasteiger partial charge on any atom is -0.272 e. The van der Waals surface area contributed by atoms with E-state index in [2.05, 4.69) is 49.0 Å². The van der Waals surface area contributed by atoms with Crippen molar-refractivity contribution >= 4 is 62.2 Å². The number of fused-ring (bicyclic) bond motifs is 1. The number of imidazole rings is 1. The number of para-hydroxylation sites is 2. The van der Waals surface area contributed by atoms with Gasteiger partial charge in [0.1, 0.15) is 0 Å². The number of hydrogen-bond acceptors (Lipinski definition) is 4. The van der Waals surface area contributed by atoms with Crippen LogP contribution >= 0.6 is 39.0 Å². The summed E-state index contributed by atoms with van der Waals surface area (Å²) in [6, 6.07) is 12.0. The normalized spacial score (nSPS) is 11.4. The molecule has 2 aromatic heterocycles. The van der Waals surface area contributed by atoms with Crippen molar-refractivity contribution in [3.8, 4) is 0 Å². The zero-order valence-corrected chi connectivity index (χ0v) is 16.2. The number of thiophene rings is 1. The van der Waals surface area contributed by atoms with Crippen molar-refractivity contribution < 1.29 is 9.36 Å². The Morgan fingerprint density at radius 2 is 2.25 bits per heavy atom. The standard InChI is InChI=1S/C16H15BrN4OS2/c1-2-21-13-6-4-3-5-12(13)19-16(21)23-10-15(22)20-18-9-11-7-8-14(17)24-11/h3-9H,2,10H2,1H3,(H,20,22)/p+1. The number of amides is 1. The molecule has 0 aliphatic heterocycles. The number of H-pyrrole nitrogens is 1. The Labute approximate surface area is 156 Å². The van der Waals surface area contributed by atoms with Crippen molar-refractivity contribution in [1.29, 1.82) is 0 Å². The molecule has 0 aliphatic carbocycles. The molecule has 5 nitrogen and oxygen atoms in total. The Morgan fingerprint density at radius 1 is 1.42 bits per heavy atom. The van der Waals surface area contributed by atoms with Crippen LogP contribution in [0.4, 0.5) is 0 Å². The molecule has 1 aromatic carbocycles. The van der Waals surface area contributed by atoms with E-state index in [0.717, 1.165) is 31.4 Å². The lowest BCUT2D eigenvalue weighted by Crippen LogP contribution is -2.34. The van der Waals surface area contributed by atoms with E-state index in [4.69, 9.17) is 0 Å². The molecule has 1 amide bonds. The molecule has 0 bridgehead atoms. The van der Waals surface area contributed by atoms with Crippen molar-refractivity contribution in [3.05, 3.63) is 45.1 Å². The van der Waals surface area contributed by atoms with Crippen molar-refractivity contribution in [2.45, 2.75) is 18.6 Å². The van der Waals surface area contributed by atoms with Gasteiger partial charge in [0.05, 0.1) is 22.3 Å². The number of benzene rings is 1. The Morgan fingerprint density at radius 3 is 3.00 bits per heavy atom. The summed E-state index contributed by atoms with van der Waals surface area (Å²) in [5.74, 6) is 0.173. The first-order valence-corrected chi connectivity index (χ1v) is 9.97. The Kier molecular flexibility index (Phi) is 5.70. The molecule has 124 valence electrons. The molecule has 2 N–H and O–H groups in total. The van der Waals surface area contributed by atoms with Crippen molar-refractivity contribution in [3.63, 3.8) is 0 Å². The number of carbonyl (C=O) groups is 1. The summed E-state index contributed by atoms with van der Waals surface area (Å²) in [5, 5.41) is 4.96. The topological polar surface area (TPSA) is 61.1 Å². The summed E-state index contributed by atoms with van der Waals surface area (Å²) in [6.07, 6.45) is 1.65. The lowest BCUT2D eigenvalue weighted by Gasteiger charge is -1.98. The zero-order valence-electron chi connectivity index (χ0n) is 13.0. The molecule has 2 heterocycles. The van der Waals surface area contributed by atoms with Crippen LogP contribution in [0.3, 0.4) is 0 Å². The van der Waals surface area contributed by atoms with Crippen LogP contribution in [0.1, 0.15) is 11.8 Å². The maximum atomic E-state index is 12.0. The molecule has 0 aliphatic rings. The molecule has 0 spiro atoms. The number of halogens is 1. The van der Waals surface area contributed by atoms with E-state index >= 15 is 0 Å². The van der Waals surface area contributed by atoms with E-state index in [1.807, 2.05) is 30.3 Å². The predicted octanol–water partition coefficient (Wildman–Crippen LogP) is 3.54. The fraction of sp³-hybridized carbons (Fsp3) is 0.188. The van der Waals surface area contributed by atoms with E-state index in [0.29, 0.717) is 5.75 Å². The number of nitrogens with zero attached hydrogens (tertiary/aromatic N) is 2. The predicted molar refractivity (Wildman–Crippen MR) is 103 cm³/mol. The maximum Gasteiger partial charge on any atom is 0.317 e. The van der Waals surface area contributed by atoms with Gasteiger partial charge in [0.15, 0.2) is 11.0 Å². The van der Waals surface area contributed by atoms with Gasteiger partial charge in [-0.05, 0) is 58.9 Å². The van der Waals surface area contributed by atoms with Gasteiger partial charge in [0.2, 0.25) is 0 Å². The number of thioether (sulfide) groups is 1. The molecule has 0 radical (unpaired) electrons. The summed E-state index contributed by atoms with van der Waals surface area (Å²) in [7, 11) is 0. The third-order valence-electron chi connectivity index (χ3n) is 3.31. The Hall–Kier alpha value is -1.64. The first-order chi connectivity index (χ1) is 11.7. The molecule has 0 atom stereocenters. The van der Waals surface area contributed by atoms with Crippen molar-refractivity contribution in [2.24, 2.45) is 5.10 Å². The van der Waals surface area contributed by atoms with Crippen molar-refractivity contribution in [2.75, 3.05) is 5.75 Å². The average Bonchev–Trinajstić information content (AvgIpc) is 3.15. The number of hydrazone groups is 1. The highest BCUT2D eigenvalue weighted by Crippen LogP contribution is 2.20. The number of aromatic amines is 1. The fourth-order valence-electron chi connectivity index (χ4n) is 2.27. The largest absolute Gasteiger partial charge is 0.317 e. The third-order valence-corrected chi connectivity index (χ3v) is 5.87. The summed E-state index contributed by atoms with van der Waals surface area (Å²) in [5.41, 5.74) is 4.78. The van der Waals surface area contributed by atoms with Crippen LogP contribution in [0.15, 0.2) is 50.4 Å². The highest BCUT2D eigenvalue weighted by atomic mass is 79.9. The van der Waals surface area contributed by atoms with E-state index in [1.165, 1.54) is 11.8 Å². The highest BCUT2D eigenvalue weighted by Gasteiger charge is 2.18. The van der Waals surface area contributed by atoms with E-state index < -0.39 is 0 Å². The van der Waals surface area contributed by atoms with Crippen LogP contribution in [0, 0.1) is 0 Å². The van der Waals surface area contributed by atoms with Gasteiger partial charge in [-0.2, -0.15) is 5.10 Å². The SMILES string of the molecule is CC[n+]1c(SCC(=O)NN=Cc2ccc(Br)s2)[nH]c2ccccc21. The summed E-state index contributed by atoms with van der Waals surface area (Å²) in [4.78, 5) is 16.3. The first kappa shape index (κ1) is 17.2. The summed E-state index contributed by atoms with van der Waals surface area (Å²) < 4.78 is 3.20. The van der Waals surface area contributed by atoms with Gasteiger partial charge in [0.25, 0.3) is 5.91 Å². The van der Waals surface area contributed by atoms with Gasteiger partial charge >= 0.3 is 5.16 Å². The Balaban J connectivity index is 1.59. The zero-order chi connectivity index (χ0) is 16.9. The second-order valence-electron chi connectivity index (χ2n) is 4.92. The van der Waals surface area contributed by atoms with E-state index in [1.54, 1.807) is 17.6 Å². The minimum absolute atomic E-state index is 0.131. The lowest BCUT2D eigenvalue weighted by molar-refractivity contribution is -0.705. The monoisotopic (exact) mass is 423 g/mol. The van der Waals surface area contributed by atoms with Crippen LogP contribution in [-0.2, 0) is 11.3 Å². The van der Waals surface area contributed by atoms with Crippen LogP contribution in [0.2, 0.25) is 0 Å². The molecular weight excluding hydrogens is 408 g/mol. The molecule has 0 saturated carbocycles. The molecule has 3 rings (SSSR count). The lowest BCUT2D eigenvalue weighted by atomic mass is 10.3. The number of hydrogen-bond donors (Lipinski definition) is 2. The number of rotatable bonds is 6. The Bertz CT molecular complexity index is 887. The molecular formula is C16H16BrN4OS2+. The highest BCUT2D eigenvalue weighted by molar-refractivity contribution is 9.11. The number of aryl methyl sites for hydroxylation is 1. The van der Waals surface area contributed by atoms with Gasteiger partial charge < -0.3 is 0 Å². The van der Waals surface area contributed by atoms with Gasteiger partial charge in [-0.25, -0.2) is 15.0 Å². The van der Waals surface area contributed by atoms with Gasteiger partial charge in [-0.3, -0.25) is 4.79 Å². The van der Waals surface area contributed by atoms with Crippen LogP contribution < -0.4 is 9.99 Å². The summed E-state index contributed by atoms with van der Waals surface area (Å²) >= 11 is 6.42. The molecule has 0 saturated heterocycles. The quantitative estimate of drug-likeness (QED) is 0.275. The minimum atomic E-state index is -0.131. The number of aromatic nitrogens is 2. The fourth-order valence-corrected chi connectivity index (χ4v) is 4.46. The second kappa shape index (κ2) is 7.96. The van der Waals surface area contributed by atoms with Gasteiger partial charge in [-0.1, -0.05) is 12.1 Å². The molecule has 3 aromatic rings. The average molecular weight is 424 g/mol. The van der Waals surface area contributed by atoms with Crippen LogP contribution in [0.5, 0.6) is 0 Å². The summed E-state index contributed by atoms with van der Waals surface area (Å²) in [6.45, 7) is 2.94. The van der Waals surface area contributed by atoms with Crippen LogP contribution in [0.25, 0.3) is 11.0 Å². The third kappa shape index (κ3) is 4.06. The smallest absolute Gasteiger partial charge is 0.272 e.